The molecular weight excluding hydrogens is 242 g/mol. The molecule has 0 aromatic carbocycles. The van der Waals surface area contributed by atoms with Crippen molar-refractivity contribution >= 4 is 6.09 Å². The summed E-state index contributed by atoms with van der Waals surface area (Å²) in [6.45, 7) is 12.7. The zero-order valence-corrected chi connectivity index (χ0v) is 12.2. The smallest absolute Gasteiger partial charge is 0.407 e. The molecule has 0 unspecified atom stereocenters. The molecule has 0 atom stereocenters. The minimum absolute atomic E-state index is 0.390. The lowest BCUT2D eigenvalue weighted by Crippen LogP contribution is -2.33. The van der Waals surface area contributed by atoms with Crippen LogP contribution in [0.2, 0.25) is 0 Å². The van der Waals surface area contributed by atoms with E-state index in [2.05, 4.69) is 16.9 Å². The van der Waals surface area contributed by atoms with E-state index in [-0.39, 0.29) is 0 Å². The van der Waals surface area contributed by atoms with Crippen molar-refractivity contribution in [1.29, 1.82) is 0 Å². The molecule has 1 N–H and O–H groups in total. The van der Waals surface area contributed by atoms with E-state index in [1.807, 2.05) is 32.3 Å². The van der Waals surface area contributed by atoms with Gasteiger partial charge in [0.2, 0.25) is 0 Å². The third-order valence-electron chi connectivity index (χ3n) is 2.29. The Hall–Kier alpha value is -1.78. The fourth-order valence-corrected chi connectivity index (χ4v) is 1.60. The number of ether oxygens (including phenoxy) is 1. The maximum absolute atomic E-state index is 11.5. The van der Waals surface area contributed by atoms with Crippen LogP contribution in [-0.4, -0.2) is 27.8 Å². The van der Waals surface area contributed by atoms with Crippen LogP contribution in [-0.2, 0) is 17.7 Å². The van der Waals surface area contributed by atoms with Crippen LogP contribution in [0, 0.1) is 0 Å². The molecule has 1 rings (SSSR count). The Morgan fingerprint density at radius 3 is 2.79 bits per heavy atom. The van der Waals surface area contributed by atoms with Crippen LogP contribution in [0.3, 0.4) is 0 Å². The van der Waals surface area contributed by atoms with Crippen molar-refractivity contribution in [1.82, 2.24) is 14.9 Å². The van der Waals surface area contributed by atoms with E-state index in [4.69, 9.17) is 4.74 Å². The quantitative estimate of drug-likeness (QED) is 0.832. The highest BCUT2D eigenvalue weighted by Crippen LogP contribution is 2.07. The summed E-state index contributed by atoms with van der Waals surface area (Å²) in [5, 5.41) is 2.73. The lowest BCUT2D eigenvalue weighted by molar-refractivity contribution is 0.0528. The molecule has 19 heavy (non-hydrogen) atoms. The standard InChI is InChI=1S/C14H23N3O2/c1-11(2)9-17-10-15-8-12(17)6-7-16-13(18)19-14(3,4)5/h8,10H,1,6-7,9H2,2-5H3,(H,16,18). The number of hydrogen-bond acceptors (Lipinski definition) is 3. The minimum atomic E-state index is -0.466. The van der Waals surface area contributed by atoms with Gasteiger partial charge in [-0.05, 0) is 27.7 Å². The van der Waals surface area contributed by atoms with Crippen LogP contribution in [0.5, 0.6) is 0 Å². The number of alkyl carbamates (subject to hydrolysis) is 1. The lowest BCUT2D eigenvalue weighted by Gasteiger charge is -2.19. The Labute approximate surface area is 114 Å². The molecule has 0 radical (unpaired) electrons. The molecule has 0 aliphatic heterocycles. The maximum Gasteiger partial charge on any atom is 0.407 e. The van der Waals surface area contributed by atoms with Crippen LogP contribution in [0.15, 0.2) is 24.7 Å². The van der Waals surface area contributed by atoms with E-state index in [0.29, 0.717) is 13.0 Å². The Bertz CT molecular complexity index is 444. The van der Waals surface area contributed by atoms with Crippen molar-refractivity contribution in [2.45, 2.75) is 46.3 Å². The SMILES string of the molecule is C=C(C)Cn1cncc1CCNC(=O)OC(C)(C)C. The summed E-state index contributed by atoms with van der Waals surface area (Å²) >= 11 is 0. The van der Waals surface area contributed by atoms with Gasteiger partial charge in [0.15, 0.2) is 0 Å². The number of imidazole rings is 1. The highest BCUT2D eigenvalue weighted by atomic mass is 16.6. The first kappa shape index (κ1) is 15.3. The second-order valence-corrected chi connectivity index (χ2v) is 5.65. The predicted molar refractivity (Wildman–Crippen MR) is 75.0 cm³/mol. The van der Waals surface area contributed by atoms with Gasteiger partial charge in [0, 0.05) is 31.4 Å². The van der Waals surface area contributed by atoms with Gasteiger partial charge in [0.1, 0.15) is 5.60 Å². The van der Waals surface area contributed by atoms with Crippen LogP contribution in [0.1, 0.15) is 33.4 Å². The van der Waals surface area contributed by atoms with Gasteiger partial charge in [-0.25, -0.2) is 9.78 Å². The van der Waals surface area contributed by atoms with Crippen LogP contribution < -0.4 is 5.32 Å². The Kier molecular flexibility index (Phi) is 5.15. The molecule has 5 nitrogen and oxygen atoms in total. The first-order valence-electron chi connectivity index (χ1n) is 6.38. The maximum atomic E-state index is 11.5. The van der Waals surface area contributed by atoms with Crippen molar-refractivity contribution in [3.8, 4) is 0 Å². The fourth-order valence-electron chi connectivity index (χ4n) is 1.60. The first-order valence-corrected chi connectivity index (χ1v) is 6.38. The highest BCUT2D eigenvalue weighted by Gasteiger charge is 2.15. The van der Waals surface area contributed by atoms with E-state index in [9.17, 15) is 4.79 Å². The Morgan fingerprint density at radius 1 is 1.53 bits per heavy atom. The molecule has 0 spiro atoms. The topological polar surface area (TPSA) is 56.2 Å². The monoisotopic (exact) mass is 265 g/mol. The largest absolute Gasteiger partial charge is 0.444 e. The molecule has 0 aliphatic rings. The summed E-state index contributed by atoms with van der Waals surface area (Å²) in [6.07, 6.45) is 3.91. The number of carbonyl (C=O) groups excluding carboxylic acids is 1. The van der Waals surface area contributed by atoms with Crippen molar-refractivity contribution in [2.75, 3.05) is 6.54 Å². The normalized spacial score (nSPS) is 11.2. The molecule has 106 valence electrons. The number of hydrogen-bond donors (Lipinski definition) is 1. The summed E-state index contributed by atoms with van der Waals surface area (Å²) in [4.78, 5) is 15.6. The van der Waals surface area contributed by atoms with Gasteiger partial charge < -0.3 is 14.6 Å². The van der Waals surface area contributed by atoms with Crippen LogP contribution in [0.25, 0.3) is 0 Å². The fraction of sp³-hybridized carbons (Fsp3) is 0.571. The highest BCUT2D eigenvalue weighted by molar-refractivity contribution is 5.67. The number of allylic oxidation sites excluding steroid dienone is 1. The lowest BCUT2D eigenvalue weighted by atomic mass is 10.2. The van der Waals surface area contributed by atoms with Gasteiger partial charge in [-0.2, -0.15) is 0 Å². The third-order valence-corrected chi connectivity index (χ3v) is 2.29. The number of rotatable bonds is 5. The Balaban J connectivity index is 2.39. The van der Waals surface area contributed by atoms with Gasteiger partial charge in [0.25, 0.3) is 0 Å². The molecule has 1 heterocycles. The summed E-state index contributed by atoms with van der Waals surface area (Å²) in [6, 6.07) is 0. The number of nitrogens with zero attached hydrogens (tertiary/aromatic N) is 2. The number of carbonyl (C=O) groups is 1. The second-order valence-electron chi connectivity index (χ2n) is 5.65. The van der Waals surface area contributed by atoms with Crippen molar-refractivity contribution < 1.29 is 9.53 Å². The predicted octanol–water partition coefficient (Wildman–Crippen LogP) is 2.53. The molecule has 0 saturated carbocycles. The van der Waals surface area contributed by atoms with Crippen molar-refractivity contribution in [3.63, 3.8) is 0 Å². The third kappa shape index (κ3) is 6.08. The number of aromatic nitrogens is 2. The van der Waals surface area contributed by atoms with E-state index in [1.54, 1.807) is 12.5 Å². The van der Waals surface area contributed by atoms with Gasteiger partial charge in [0.05, 0.1) is 6.33 Å². The molecule has 0 saturated heterocycles. The molecule has 1 amide bonds. The molecule has 5 heteroatoms. The molecule has 1 aromatic heterocycles. The molecule has 0 bridgehead atoms. The first-order chi connectivity index (χ1) is 8.78. The van der Waals surface area contributed by atoms with E-state index < -0.39 is 11.7 Å². The zero-order valence-electron chi connectivity index (χ0n) is 12.2. The van der Waals surface area contributed by atoms with Crippen LogP contribution >= 0.6 is 0 Å². The van der Waals surface area contributed by atoms with Gasteiger partial charge in [-0.15, -0.1) is 0 Å². The summed E-state index contributed by atoms with van der Waals surface area (Å²) in [7, 11) is 0. The zero-order chi connectivity index (χ0) is 14.5. The number of amides is 1. The minimum Gasteiger partial charge on any atom is -0.444 e. The van der Waals surface area contributed by atoms with Crippen molar-refractivity contribution in [2.24, 2.45) is 0 Å². The van der Waals surface area contributed by atoms with Crippen molar-refractivity contribution in [3.05, 3.63) is 30.4 Å². The molecular formula is C14H23N3O2. The van der Waals surface area contributed by atoms with E-state index in [0.717, 1.165) is 17.8 Å². The van der Waals surface area contributed by atoms with Gasteiger partial charge in [-0.3, -0.25) is 0 Å². The molecule has 0 aliphatic carbocycles. The Morgan fingerprint density at radius 2 is 2.21 bits per heavy atom. The second kappa shape index (κ2) is 6.41. The average molecular weight is 265 g/mol. The van der Waals surface area contributed by atoms with E-state index >= 15 is 0 Å². The summed E-state index contributed by atoms with van der Waals surface area (Å²) < 4.78 is 7.19. The summed E-state index contributed by atoms with van der Waals surface area (Å²) in [5.74, 6) is 0. The number of nitrogens with one attached hydrogen (secondary N) is 1. The van der Waals surface area contributed by atoms with Gasteiger partial charge in [-0.1, -0.05) is 12.2 Å². The van der Waals surface area contributed by atoms with Crippen LogP contribution in [0.4, 0.5) is 4.79 Å². The molecule has 1 aromatic rings. The van der Waals surface area contributed by atoms with Gasteiger partial charge >= 0.3 is 6.09 Å². The van der Waals surface area contributed by atoms with E-state index in [1.165, 1.54) is 0 Å². The molecule has 0 fully saturated rings. The summed E-state index contributed by atoms with van der Waals surface area (Å²) in [5.41, 5.74) is 1.67. The average Bonchev–Trinajstić information content (AvgIpc) is 2.62.